The fraction of sp³-hybridized carbons (Fsp3) is 0.0526. The van der Waals surface area contributed by atoms with Gasteiger partial charge in [-0.3, -0.25) is 4.40 Å². The summed E-state index contributed by atoms with van der Waals surface area (Å²) in [5, 5.41) is 14.6. The molecule has 5 aromatic rings. The topological polar surface area (TPSA) is 60.9 Å². The number of aromatic nitrogens is 6. The summed E-state index contributed by atoms with van der Waals surface area (Å²) in [5.41, 5.74) is 4.36. The third kappa shape index (κ3) is 2.19. The van der Waals surface area contributed by atoms with E-state index in [-0.39, 0.29) is 0 Å². The lowest BCUT2D eigenvalue weighted by Crippen LogP contribution is -1.99. The van der Waals surface area contributed by atoms with Crippen LogP contribution in [0.2, 0.25) is 5.02 Å². The van der Waals surface area contributed by atoms with Crippen molar-refractivity contribution in [3.63, 3.8) is 0 Å². The molecule has 6 nitrogen and oxygen atoms in total. The number of fused-ring (bicyclic) bond motifs is 3. The Hall–Kier alpha value is -3.25. The molecule has 7 heteroatoms. The Morgan fingerprint density at radius 1 is 0.923 bits per heavy atom. The van der Waals surface area contributed by atoms with E-state index in [9.17, 15) is 0 Å². The molecule has 0 amide bonds. The first-order valence-electron chi connectivity index (χ1n) is 8.12. The number of benzene rings is 2. The number of rotatable bonds is 2. The molecular weight excluding hydrogens is 348 g/mol. The molecule has 0 bridgehead atoms. The molecule has 126 valence electrons. The average Bonchev–Trinajstić information content (AvgIpc) is 3.26. The SMILES string of the molecule is Cc1ccc(-c2nnc3c4cnn(-c5ccccc5Cl)c4ncn23)cc1. The molecule has 0 saturated heterocycles. The minimum absolute atomic E-state index is 0.612. The van der Waals surface area contributed by atoms with Crippen LogP contribution in [0.3, 0.4) is 0 Å². The summed E-state index contributed by atoms with van der Waals surface area (Å²) in [6, 6.07) is 15.7. The van der Waals surface area contributed by atoms with Gasteiger partial charge in [-0.2, -0.15) is 5.10 Å². The van der Waals surface area contributed by atoms with Crippen LogP contribution in [0.15, 0.2) is 61.1 Å². The molecule has 3 heterocycles. The van der Waals surface area contributed by atoms with Crippen LogP contribution < -0.4 is 0 Å². The van der Waals surface area contributed by atoms with Crippen molar-refractivity contribution in [3.8, 4) is 17.1 Å². The Morgan fingerprint density at radius 3 is 2.54 bits per heavy atom. The molecule has 0 atom stereocenters. The predicted molar refractivity (Wildman–Crippen MR) is 101 cm³/mol. The van der Waals surface area contributed by atoms with E-state index in [0.717, 1.165) is 22.5 Å². The van der Waals surface area contributed by atoms with Crippen LogP contribution in [-0.2, 0) is 0 Å². The summed E-state index contributed by atoms with van der Waals surface area (Å²) in [6.45, 7) is 2.06. The van der Waals surface area contributed by atoms with Crippen molar-refractivity contribution >= 4 is 28.3 Å². The van der Waals surface area contributed by atoms with Gasteiger partial charge >= 0.3 is 0 Å². The highest BCUT2D eigenvalue weighted by molar-refractivity contribution is 6.32. The fourth-order valence-electron chi connectivity index (χ4n) is 3.02. The van der Waals surface area contributed by atoms with Gasteiger partial charge < -0.3 is 0 Å². The molecule has 2 aromatic carbocycles. The van der Waals surface area contributed by atoms with E-state index in [1.54, 1.807) is 17.2 Å². The highest BCUT2D eigenvalue weighted by atomic mass is 35.5. The van der Waals surface area contributed by atoms with Crippen LogP contribution in [0.4, 0.5) is 0 Å². The largest absolute Gasteiger partial charge is 0.265 e. The molecule has 0 aliphatic carbocycles. The van der Waals surface area contributed by atoms with E-state index in [0.29, 0.717) is 16.3 Å². The molecular formula is C19H13ClN6. The zero-order valence-corrected chi connectivity index (χ0v) is 14.6. The van der Waals surface area contributed by atoms with Gasteiger partial charge in [0, 0.05) is 5.56 Å². The van der Waals surface area contributed by atoms with Crippen molar-refractivity contribution in [2.45, 2.75) is 6.92 Å². The summed E-state index contributed by atoms with van der Waals surface area (Å²) >= 11 is 6.31. The van der Waals surface area contributed by atoms with E-state index in [2.05, 4.69) is 39.3 Å². The Kier molecular flexibility index (Phi) is 3.26. The number of aryl methyl sites for hydroxylation is 1. The summed E-state index contributed by atoms with van der Waals surface area (Å²) in [4.78, 5) is 4.59. The van der Waals surface area contributed by atoms with Gasteiger partial charge in [-0.15, -0.1) is 10.2 Å². The molecule has 0 aliphatic heterocycles. The lowest BCUT2D eigenvalue weighted by molar-refractivity contribution is 0.893. The van der Waals surface area contributed by atoms with Gasteiger partial charge in [-0.25, -0.2) is 9.67 Å². The first kappa shape index (κ1) is 15.0. The normalized spacial score (nSPS) is 11.5. The van der Waals surface area contributed by atoms with Gasteiger partial charge in [0.15, 0.2) is 17.1 Å². The van der Waals surface area contributed by atoms with Gasteiger partial charge in [0.2, 0.25) is 0 Å². The fourth-order valence-corrected chi connectivity index (χ4v) is 3.24. The van der Waals surface area contributed by atoms with Crippen LogP contribution in [0.5, 0.6) is 0 Å². The van der Waals surface area contributed by atoms with Crippen LogP contribution in [0.25, 0.3) is 33.8 Å². The molecule has 26 heavy (non-hydrogen) atoms. The van der Waals surface area contributed by atoms with Gasteiger partial charge in [-0.1, -0.05) is 53.6 Å². The average molecular weight is 361 g/mol. The van der Waals surface area contributed by atoms with E-state index in [1.165, 1.54) is 5.56 Å². The number of hydrogen-bond donors (Lipinski definition) is 0. The first-order chi connectivity index (χ1) is 12.7. The van der Waals surface area contributed by atoms with Crippen molar-refractivity contribution in [2.75, 3.05) is 0 Å². The lowest BCUT2D eigenvalue weighted by Gasteiger charge is -2.05. The van der Waals surface area contributed by atoms with Gasteiger partial charge in [0.05, 0.1) is 22.3 Å². The highest BCUT2D eigenvalue weighted by Crippen LogP contribution is 2.26. The summed E-state index contributed by atoms with van der Waals surface area (Å²) in [7, 11) is 0. The summed E-state index contributed by atoms with van der Waals surface area (Å²) in [6.07, 6.45) is 3.47. The molecule has 0 aliphatic rings. The van der Waals surface area contributed by atoms with E-state index in [4.69, 9.17) is 11.6 Å². The molecule has 0 unspecified atom stereocenters. The molecule has 0 saturated carbocycles. The van der Waals surface area contributed by atoms with E-state index < -0.39 is 0 Å². The number of para-hydroxylation sites is 1. The van der Waals surface area contributed by atoms with Crippen molar-refractivity contribution in [2.24, 2.45) is 0 Å². The second kappa shape index (κ2) is 5.64. The minimum atomic E-state index is 0.612. The van der Waals surface area contributed by atoms with Crippen LogP contribution in [-0.4, -0.2) is 29.4 Å². The van der Waals surface area contributed by atoms with Crippen LogP contribution in [0, 0.1) is 6.92 Å². The zero-order chi connectivity index (χ0) is 17.7. The van der Waals surface area contributed by atoms with Gasteiger partial charge in [-0.05, 0) is 19.1 Å². The lowest BCUT2D eigenvalue weighted by atomic mass is 10.1. The van der Waals surface area contributed by atoms with Crippen molar-refractivity contribution in [1.82, 2.24) is 29.4 Å². The molecule has 0 spiro atoms. The summed E-state index contributed by atoms with van der Waals surface area (Å²) in [5.74, 6) is 0.750. The highest BCUT2D eigenvalue weighted by Gasteiger charge is 2.16. The quantitative estimate of drug-likeness (QED) is 0.475. The first-order valence-corrected chi connectivity index (χ1v) is 8.49. The summed E-state index contributed by atoms with van der Waals surface area (Å²) < 4.78 is 3.60. The Bertz CT molecular complexity index is 1250. The monoisotopic (exact) mass is 360 g/mol. The number of hydrogen-bond acceptors (Lipinski definition) is 4. The molecule has 0 radical (unpaired) electrons. The maximum absolute atomic E-state index is 6.31. The zero-order valence-electron chi connectivity index (χ0n) is 13.8. The third-order valence-electron chi connectivity index (χ3n) is 4.37. The van der Waals surface area contributed by atoms with Crippen LogP contribution in [0.1, 0.15) is 5.56 Å². The smallest absolute Gasteiger partial charge is 0.175 e. The Morgan fingerprint density at radius 2 is 1.73 bits per heavy atom. The van der Waals surface area contributed by atoms with Crippen molar-refractivity contribution < 1.29 is 0 Å². The molecule has 0 N–H and O–H groups in total. The molecule has 5 rings (SSSR count). The minimum Gasteiger partial charge on any atom is -0.265 e. The van der Waals surface area contributed by atoms with Crippen LogP contribution >= 0.6 is 11.6 Å². The second-order valence-corrected chi connectivity index (χ2v) is 6.48. The van der Waals surface area contributed by atoms with Crippen molar-refractivity contribution in [3.05, 3.63) is 71.6 Å². The predicted octanol–water partition coefficient (Wildman–Crippen LogP) is 4.09. The van der Waals surface area contributed by atoms with E-state index >= 15 is 0 Å². The Labute approximate surface area is 153 Å². The van der Waals surface area contributed by atoms with Crippen molar-refractivity contribution in [1.29, 1.82) is 0 Å². The standard InChI is InChI=1S/C19H13ClN6/c1-12-6-8-13(9-7-12)17-23-24-19-14-10-22-26(18(14)21-11-25(17)19)16-5-3-2-4-15(16)20/h2-11H,1H3. The number of nitrogens with zero attached hydrogens (tertiary/aromatic N) is 6. The van der Waals surface area contributed by atoms with Gasteiger partial charge in [0.1, 0.15) is 6.33 Å². The molecule has 3 aromatic heterocycles. The maximum atomic E-state index is 6.31. The Balaban J connectivity index is 1.73. The van der Waals surface area contributed by atoms with E-state index in [1.807, 2.05) is 40.8 Å². The second-order valence-electron chi connectivity index (χ2n) is 6.07. The van der Waals surface area contributed by atoms with Gasteiger partial charge in [0.25, 0.3) is 0 Å². The number of halogens is 1. The molecule has 0 fully saturated rings. The third-order valence-corrected chi connectivity index (χ3v) is 4.69. The maximum Gasteiger partial charge on any atom is 0.175 e.